The van der Waals surface area contributed by atoms with Crippen LogP contribution in [-0.4, -0.2) is 30.7 Å². The van der Waals surface area contributed by atoms with Gasteiger partial charge in [0.05, 0.1) is 10.4 Å². The fraction of sp³-hybridized carbons (Fsp3) is 0.857. The topological polar surface area (TPSA) is 64.3 Å². The molecule has 4 nitrogen and oxygen atoms in total. The fourth-order valence-corrected chi connectivity index (χ4v) is 2.92. The van der Waals surface area contributed by atoms with Crippen LogP contribution in [0.25, 0.3) is 0 Å². The van der Waals surface area contributed by atoms with E-state index in [4.69, 9.17) is 22.7 Å². The highest BCUT2D eigenvalue weighted by molar-refractivity contribution is 7.80. The van der Waals surface area contributed by atoms with Crippen molar-refractivity contribution in [1.82, 2.24) is 5.32 Å². The first kappa shape index (κ1) is 16.4. The molecule has 1 aliphatic rings. The van der Waals surface area contributed by atoms with E-state index in [1.165, 1.54) is 0 Å². The minimum atomic E-state index is -0.698. The Bertz CT molecular complexity index is 334. The molecule has 0 radical (unpaired) electrons. The van der Waals surface area contributed by atoms with Crippen LogP contribution in [0.15, 0.2) is 0 Å². The monoisotopic (exact) mass is 286 g/mol. The Labute approximate surface area is 121 Å². The molecule has 0 saturated carbocycles. The Hall–Kier alpha value is -0.680. The van der Waals surface area contributed by atoms with Gasteiger partial charge in [0.2, 0.25) is 5.91 Å². The molecule has 110 valence electrons. The van der Waals surface area contributed by atoms with Gasteiger partial charge in [-0.3, -0.25) is 4.79 Å². The summed E-state index contributed by atoms with van der Waals surface area (Å²) >= 11 is 5.10. The molecule has 0 atom stereocenters. The molecule has 1 aliphatic heterocycles. The van der Waals surface area contributed by atoms with Crippen molar-refractivity contribution in [3.8, 4) is 0 Å². The lowest BCUT2D eigenvalue weighted by Gasteiger charge is -2.36. The van der Waals surface area contributed by atoms with Crippen molar-refractivity contribution in [2.75, 3.05) is 19.8 Å². The van der Waals surface area contributed by atoms with Gasteiger partial charge in [-0.1, -0.05) is 33.0 Å². The third-order valence-electron chi connectivity index (χ3n) is 4.49. The molecular formula is C14H26N2O2S. The van der Waals surface area contributed by atoms with Crippen LogP contribution in [0.3, 0.4) is 0 Å². The standard InChI is InChI=1S/C14H26N2O2S/c1-4-14(5-2,11(15)19)12(17)16-10-13(3)6-8-18-9-7-13/h4-10H2,1-3H3,(H2,15,19)(H,16,17). The molecule has 19 heavy (non-hydrogen) atoms. The highest BCUT2D eigenvalue weighted by atomic mass is 32.1. The van der Waals surface area contributed by atoms with Gasteiger partial charge in [-0.05, 0) is 31.1 Å². The first-order valence-electron chi connectivity index (χ1n) is 7.06. The highest BCUT2D eigenvalue weighted by Gasteiger charge is 2.39. The van der Waals surface area contributed by atoms with Crippen molar-refractivity contribution in [2.45, 2.75) is 46.5 Å². The van der Waals surface area contributed by atoms with E-state index in [-0.39, 0.29) is 11.3 Å². The van der Waals surface area contributed by atoms with Gasteiger partial charge in [-0.25, -0.2) is 0 Å². The lowest BCUT2D eigenvalue weighted by molar-refractivity contribution is -0.128. The second kappa shape index (κ2) is 6.66. The fourth-order valence-electron chi connectivity index (χ4n) is 2.54. The summed E-state index contributed by atoms with van der Waals surface area (Å²) in [6.45, 7) is 8.31. The van der Waals surface area contributed by atoms with Crippen molar-refractivity contribution in [3.63, 3.8) is 0 Å². The number of carbonyl (C=O) groups excluding carboxylic acids is 1. The molecule has 1 saturated heterocycles. The normalized spacial score (nSPS) is 18.9. The quantitative estimate of drug-likeness (QED) is 0.733. The van der Waals surface area contributed by atoms with E-state index in [0.29, 0.717) is 24.4 Å². The lowest BCUT2D eigenvalue weighted by Crippen LogP contribution is -2.51. The summed E-state index contributed by atoms with van der Waals surface area (Å²) < 4.78 is 5.37. The Balaban J connectivity index is 2.65. The van der Waals surface area contributed by atoms with Crippen LogP contribution in [-0.2, 0) is 9.53 Å². The summed E-state index contributed by atoms with van der Waals surface area (Å²) in [7, 11) is 0. The highest BCUT2D eigenvalue weighted by Crippen LogP contribution is 2.31. The first-order valence-corrected chi connectivity index (χ1v) is 7.47. The maximum absolute atomic E-state index is 12.4. The second-order valence-electron chi connectivity index (χ2n) is 5.76. The number of amides is 1. The molecule has 1 fully saturated rings. The van der Waals surface area contributed by atoms with Gasteiger partial charge >= 0.3 is 0 Å². The third kappa shape index (κ3) is 3.66. The predicted molar refractivity (Wildman–Crippen MR) is 81.0 cm³/mol. The van der Waals surface area contributed by atoms with Gasteiger partial charge in [0, 0.05) is 19.8 Å². The van der Waals surface area contributed by atoms with Crippen molar-refractivity contribution < 1.29 is 9.53 Å². The molecule has 5 heteroatoms. The zero-order valence-electron chi connectivity index (χ0n) is 12.3. The molecule has 0 aromatic carbocycles. The largest absolute Gasteiger partial charge is 0.392 e. The van der Waals surface area contributed by atoms with Crippen LogP contribution >= 0.6 is 12.2 Å². The van der Waals surface area contributed by atoms with E-state index in [2.05, 4.69) is 12.2 Å². The molecule has 0 spiro atoms. The van der Waals surface area contributed by atoms with Crippen molar-refractivity contribution in [2.24, 2.45) is 16.6 Å². The Morgan fingerprint density at radius 2 is 1.89 bits per heavy atom. The van der Waals surface area contributed by atoms with E-state index in [0.717, 1.165) is 26.1 Å². The van der Waals surface area contributed by atoms with E-state index in [9.17, 15) is 4.79 Å². The number of ether oxygens (including phenoxy) is 1. The number of thiocarbonyl (C=S) groups is 1. The van der Waals surface area contributed by atoms with E-state index in [1.807, 2.05) is 13.8 Å². The summed E-state index contributed by atoms with van der Waals surface area (Å²) in [4.78, 5) is 12.7. The van der Waals surface area contributed by atoms with Crippen LogP contribution in [0.1, 0.15) is 46.5 Å². The number of nitrogens with one attached hydrogen (secondary N) is 1. The summed E-state index contributed by atoms with van der Waals surface area (Å²) in [5.41, 5.74) is 5.21. The van der Waals surface area contributed by atoms with Gasteiger partial charge in [-0.2, -0.15) is 0 Å². The maximum atomic E-state index is 12.4. The van der Waals surface area contributed by atoms with Gasteiger partial charge in [0.15, 0.2) is 0 Å². The molecule has 0 bridgehead atoms. The smallest absolute Gasteiger partial charge is 0.233 e. The minimum Gasteiger partial charge on any atom is -0.392 e. The Morgan fingerprint density at radius 1 is 1.37 bits per heavy atom. The number of nitrogens with two attached hydrogens (primary N) is 1. The van der Waals surface area contributed by atoms with Crippen molar-refractivity contribution in [1.29, 1.82) is 0 Å². The Kier molecular flexibility index (Phi) is 5.74. The maximum Gasteiger partial charge on any atom is 0.233 e. The van der Waals surface area contributed by atoms with E-state index >= 15 is 0 Å². The minimum absolute atomic E-state index is 0.0299. The molecule has 1 rings (SSSR count). The summed E-state index contributed by atoms with van der Waals surface area (Å²) in [6.07, 6.45) is 3.24. The van der Waals surface area contributed by atoms with Gasteiger partial charge in [0.25, 0.3) is 0 Å². The second-order valence-corrected chi connectivity index (χ2v) is 6.20. The molecule has 1 heterocycles. The predicted octanol–water partition coefficient (Wildman–Crippen LogP) is 2.01. The molecule has 3 N–H and O–H groups in total. The van der Waals surface area contributed by atoms with Crippen LogP contribution in [0.5, 0.6) is 0 Å². The number of rotatable bonds is 6. The Morgan fingerprint density at radius 3 is 2.32 bits per heavy atom. The van der Waals surface area contributed by atoms with Crippen LogP contribution in [0.2, 0.25) is 0 Å². The lowest BCUT2D eigenvalue weighted by atomic mass is 9.79. The van der Waals surface area contributed by atoms with Gasteiger partial charge in [0.1, 0.15) is 0 Å². The summed E-state index contributed by atoms with van der Waals surface area (Å²) in [5, 5.41) is 3.06. The molecule has 0 aromatic rings. The summed E-state index contributed by atoms with van der Waals surface area (Å²) in [5.74, 6) is -0.0299. The van der Waals surface area contributed by atoms with Gasteiger partial charge in [-0.15, -0.1) is 0 Å². The van der Waals surface area contributed by atoms with Crippen molar-refractivity contribution in [3.05, 3.63) is 0 Å². The van der Waals surface area contributed by atoms with Crippen LogP contribution < -0.4 is 11.1 Å². The summed E-state index contributed by atoms with van der Waals surface area (Å²) in [6, 6.07) is 0. The number of hydrogen-bond acceptors (Lipinski definition) is 3. The van der Waals surface area contributed by atoms with Crippen molar-refractivity contribution >= 4 is 23.1 Å². The van der Waals surface area contributed by atoms with Crippen LogP contribution in [0, 0.1) is 10.8 Å². The van der Waals surface area contributed by atoms with E-state index in [1.54, 1.807) is 0 Å². The molecule has 0 aliphatic carbocycles. The number of hydrogen-bond donors (Lipinski definition) is 2. The number of carbonyl (C=O) groups is 1. The average molecular weight is 286 g/mol. The SMILES string of the molecule is CCC(CC)(C(=O)NCC1(C)CCOCC1)C(N)=S. The third-order valence-corrected chi connectivity index (χ3v) is 4.88. The van der Waals surface area contributed by atoms with Crippen LogP contribution in [0.4, 0.5) is 0 Å². The molecule has 0 aromatic heterocycles. The zero-order valence-corrected chi connectivity index (χ0v) is 13.1. The first-order chi connectivity index (χ1) is 8.90. The molecule has 0 unspecified atom stereocenters. The van der Waals surface area contributed by atoms with Gasteiger partial charge < -0.3 is 15.8 Å². The molecule has 1 amide bonds. The zero-order chi connectivity index (χ0) is 14.5. The average Bonchev–Trinajstić information content (AvgIpc) is 2.39. The molecular weight excluding hydrogens is 260 g/mol. The van der Waals surface area contributed by atoms with E-state index < -0.39 is 5.41 Å².